The first-order chi connectivity index (χ1) is 11.7. The molecule has 1 aromatic heterocycles. The fourth-order valence-corrected chi connectivity index (χ4v) is 3.48. The van der Waals surface area contributed by atoms with E-state index in [1.165, 1.54) is 12.1 Å². The Morgan fingerprint density at radius 3 is 3.17 bits per heavy atom. The average Bonchev–Trinajstić information content (AvgIpc) is 3.10. The predicted octanol–water partition coefficient (Wildman–Crippen LogP) is 2.24. The lowest BCUT2D eigenvalue weighted by Crippen LogP contribution is -2.32. The molecular formula is C18H19FN4O. The van der Waals surface area contributed by atoms with Crippen molar-refractivity contribution in [3.05, 3.63) is 58.9 Å². The molecule has 2 aliphatic heterocycles. The maximum Gasteiger partial charge on any atom is 0.254 e. The second-order valence-electron chi connectivity index (χ2n) is 6.29. The van der Waals surface area contributed by atoms with Crippen LogP contribution in [0.25, 0.3) is 0 Å². The third-order valence-corrected chi connectivity index (χ3v) is 4.71. The second kappa shape index (κ2) is 6.28. The van der Waals surface area contributed by atoms with E-state index in [9.17, 15) is 9.18 Å². The van der Waals surface area contributed by atoms with E-state index in [0.29, 0.717) is 17.9 Å². The molecule has 0 spiro atoms. The lowest BCUT2D eigenvalue weighted by atomic mass is 10.1. The predicted molar refractivity (Wildman–Crippen MR) is 86.9 cm³/mol. The summed E-state index contributed by atoms with van der Waals surface area (Å²) in [5.74, 6) is 0.159. The van der Waals surface area contributed by atoms with Crippen molar-refractivity contribution in [1.82, 2.24) is 20.2 Å². The molecule has 2 aliphatic rings. The molecule has 0 radical (unpaired) electrons. The molecule has 1 atom stereocenters. The number of benzene rings is 1. The number of aromatic nitrogens is 2. The minimum absolute atomic E-state index is 0.124. The van der Waals surface area contributed by atoms with E-state index >= 15 is 0 Å². The molecule has 2 aromatic rings. The zero-order valence-corrected chi connectivity index (χ0v) is 13.3. The molecular weight excluding hydrogens is 307 g/mol. The van der Waals surface area contributed by atoms with Crippen molar-refractivity contribution < 1.29 is 9.18 Å². The molecule has 5 nitrogen and oxygen atoms in total. The Morgan fingerprint density at radius 1 is 1.38 bits per heavy atom. The number of hydrogen-bond acceptors (Lipinski definition) is 4. The van der Waals surface area contributed by atoms with Crippen molar-refractivity contribution in [3.8, 4) is 0 Å². The van der Waals surface area contributed by atoms with E-state index in [1.807, 2.05) is 6.20 Å². The molecule has 1 fully saturated rings. The minimum atomic E-state index is -0.394. The summed E-state index contributed by atoms with van der Waals surface area (Å²) >= 11 is 0. The van der Waals surface area contributed by atoms with Gasteiger partial charge in [0.25, 0.3) is 5.91 Å². The molecule has 24 heavy (non-hydrogen) atoms. The van der Waals surface area contributed by atoms with Gasteiger partial charge in [0.15, 0.2) is 5.82 Å². The third-order valence-electron chi connectivity index (χ3n) is 4.71. The number of fused-ring (bicyclic) bond motifs is 1. The first kappa shape index (κ1) is 15.2. The highest BCUT2D eigenvalue weighted by Gasteiger charge is 2.33. The first-order valence-corrected chi connectivity index (χ1v) is 8.34. The minimum Gasteiger partial charge on any atom is -0.328 e. The molecule has 0 unspecified atom stereocenters. The van der Waals surface area contributed by atoms with Crippen molar-refractivity contribution in [2.45, 2.75) is 31.8 Å². The van der Waals surface area contributed by atoms with Crippen LogP contribution in [0.2, 0.25) is 0 Å². The molecule has 6 heteroatoms. The van der Waals surface area contributed by atoms with Gasteiger partial charge < -0.3 is 10.2 Å². The zero-order chi connectivity index (χ0) is 16.5. The lowest BCUT2D eigenvalue weighted by Gasteiger charge is -2.25. The van der Waals surface area contributed by atoms with Crippen molar-refractivity contribution in [2.24, 2.45) is 0 Å². The van der Waals surface area contributed by atoms with Crippen LogP contribution >= 0.6 is 0 Å². The summed E-state index contributed by atoms with van der Waals surface area (Å²) in [7, 11) is 0. The third kappa shape index (κ3) is 2.78. The maximum absolute atomic E-state index is 13.4. The van der Waals surface area contributed by atoms with Crippen LogP contribution in [-0.4, -0.2) is 33.9 Å². The normalized spacial score (nSPS) is 20.0. The SMILES string of the molecule is O=C(c1cccc(F)c1)N1CCC[C@H]1c1ncc2c(n1)CCNC2. The number of nitrogens with zero attached hydrogens (tertiary/aromatic N) is 3. The van der Waals surface area contributed by atoms with Crippen molar-refractivity contribution >= 4 is 5.91 Å². The standard InChI is InChI=1S/C18H19FN4O/c19-14-4-1-3-12(9-14)18(24)23-8-2-5-16(23)17-21-11-13-10-20-7-6-15(13)22-17/h1,3-4,9,11,16,20H,2,5-8,10H2/t16-/m0/s1. The van der Waals surface area contributed by atoms with Crippen LogP contribution in [0.3, 0.4) is 0 Å². The highest BCUT2D eigenvalue weighted by Crippen LogP contribution is 2.31. The summed E-state index contributed by atoms with van der Waals surface area (Å²) in [4.78, 5) is 23.8. The van der Waals surface area contributed by atoms with E-state index in [0.717, 1.165) is 43.6 Å². The van der Waals surface area contributed by atoms with Crippen LogP contribution < -0.4 is 5.32 Å². The van der Waals surface area contributed by atoms with Gasteiger partial charge in [0, 0.05) is 49.1 Å². The van der Waals surface area contributed by atoms with E-state index < -0.39 is 5.82 Å². The van der Waals surface area contributed by atoms with Crippen LogP contribution in [0.4, 0.5) is 4.39 Å². The lowest BCUT2D eigenvalue weighted by molar-refractivity contribution is 0.0729. The fourth-order valence-electron chi connectivity index (χ4n) is 3.48. The molecule has 1 aromatic carbocycles. The maximum atomic E-state index is 13.4. The molecule has 0 bridgehead atoms. The van der Waals surface area contributed by atoms with Gasteiger partial charge in [-0.15, -0.1) is 0 Å². The van der Waals surface area contributed by atoms with Crippen molar-refractivity contribution in [2.75, 3.05) is 13.1 Å². The summed E-state index contributed by atoms with van der Waals surface area (Å²) in [6, 6.07) is 5.73. The summed E-state index contributed by atoms with van der Waals surface area (Å²) in [6.07, 6.45) is 4.51. The Labute approximate surface area is 139 Å². The van der Waals surface area contributed by atoms with Crippen LogP contribution in [0.15, 0.2) is 30.5 Å². The van der Waals surface area contributed by atoms with Gasteiger partial charge >= 0.3 is 0 Å². The molecule has 0 aliphatic carbocycles. The topological polar surface area (TPSA) is 58.1 Å². The van der Waals surface area contributed by atoms with E-state index in [1.54, 1.807) is 17.0 Å². The number of rotatable bonds is 2. The largest absolute Gasteiger partial charge is 0.328 e. The number of likely N-dealkylation sites (tertiary alicyclic amines) is 1. The Morgan fingerprint density at radius 2 is 2.29 bits per heavy atom. The van der Waals surface area contributed by atoms with Crippen molar-refractivity contribution in [3.63, 3.8) is 0 Å². The number of hydrogen-bond donors (Lipinski definition) is 1. The summed E-state index contributed by atoms with van der Waals surface area (Å²) in [5.41, 5.74) is 2.58. The van der Waals surface area contributed by atoms with Crippen LogP contribution in [0.1, 0.15) is 46.3 Å². The van der Waals surface area contributed by atoms with Gasteiger partial charge in [0.2, 0.25) is 0 Å². The fraction of sp³-hybridized carbons (Fsp3) is 0.389. The van der Waals surface area contributed by atoms with Gasteiger partial charge in [-0.2, -0.15) is 0 Å². The molecule has 1 N–H and O–H groups in total. The quantitative estimate of drug-likeness (QED) is 0.919. The van der Waals surface area contributed by atoms with E-state index in [2.05, 4.69) is 10.3 Å². The molecule has 124 valence electrons. The number of halogens is 1. The zero-order valence-electron chi connectivity index (χ0n) is 13.3. The van der Waals surface area contributed by atoms with Crippen LogP contribution in [0.5, 0.6) is 0 Å². The molecule has 4 rings (SSSR count). The monoisotopic (exact) mass is 326 g/mol. The summed E-state index contributed by atoms with van der Waals surface area (Å²) < 4.78 is 13.4. The number of nitrogens with one attached hydrogen (secondary N) is 1. The van der Waals surface area contributed by atoms with Gasteiger partial charge in [-0.25, -0.2) is 14.4 Å². The molecule has 1 saturated heterocycles. The Hall–Kier alpha value is -2.34. The molecule has 1 amide bonds. The Balaban J connectivity index is 1.62. The Bertz CT molecular complexity index is 779. The van der Waals surface area contributed by atoms with Crippen molar-refractivity contribution in [1.29, 1.82) is 0 Å². The first-order valence-electron chi connectivity index (χ1n) is 8.34. The smallest absolute Gasteiger partial charge is 0.254 e. The summed E-state index contributed by atoms with van der Waals surface area (Å²) in [6.45, 7) is 2.37. The van der Waals surface area contributed by atoms with Gasteiger partial charge in [-0.05, 0) is 31.0 Å². The van der Waals surface area contributed by atoms with Gasteiger partial charge in [-0.1, -0.05) is 6.07 Å². The Kier molecular flexibility index (Phi) is 3.98. The molecule has 3 heterocycles. The van der Waals surface area contributed by atoms with Gasteiger partial charge in [-0.3, -0.25) is 4.79 Å². The van der Waals surface area contributed by atoms with Gasteiger partial charge in [0.1, 0.15) is 5.82 Å². The highest BCUT2D eigenvalue weighted by molar-refractivity contribution is 5.94. The van der Waals surface area contributed by atoms with Crippen LogP contribution in [-0.2, 0) is 13.0 Å². The average molecular weight is 326 g/mol. The molecule has 0 saturated carbocycles. The number of amides is 1. The van der Waals surface area contributed by atoms with Crippen LogP contribution in [0, 0.1) is 5.82 Å². The van der Waals surface area contributed by atoms with E-state index in [-0.39, 0.29) is 11.9 Å². The number of carbonyl (C=O) groups excluding carboxylic acids is 1. The number of carbonyl (C=O) groups is 1. The highest BCUT2D eigenvalue weighted by atomic mass is 19.1. The van der Waals surface area contributed by atoms with E-state index in [4.69, 9.17) is 4.98 Å². The van der Waals surface area contributed by atoms with Gasteiger partial charge in [0.05, 0.1) is 6.04 Å². The second-order valence-corrected chi connectivity index (χ2v) is 6.29. The summed E-state index contributed by atoms with van der Waals surface area (Å²) in [5, 5.41) is 3.30.